The molecule has 19 heavy (non-hydrogen) atoms. The van der Waals surface area contributed by atoms with Crippen molar-refractivity contribution in [2.24, 2.45) is 5.41 Å². The van der Waals surface area contributed by atoms with Gasteiger partial charge in [-0.3, -0.25) is 0 Å². The lowest BCUT2D eigenvalue weighted by Crippen LogP contribution is -2.42. The molecule has 2 rings (SSSR count). The number of para-hydroxylation sites is 1. The minimum atomic E-state index is 0.277. The fourth-order valence-corrected chi connectivity index (χ4v) is 4.43. The summed E-state index contributed by atoms with van der Waals surface area (Å²) in [5.41, 5.74) is 1.39. The predicted octanol–water partition coefficient (Wildman–Crippen LogP) is 4.41. The molecule has 1 atom stereocenters. The molecule has 0 aliphatic carbocycles. The first kappa shape index (κ1) is 14.8. The fourth-order valence-electron chi connectivity index (χ4n) is 1.93. The van der Waals surface area contributed by atoms with Crippen LogP contribution in [0.5, 0.6) is 0 Å². The van der Waals surface area contributed by atoms with E-state index in [0.717, 1.165) is 17.8 Å². The van der Waals surface area contributed by atoms with Crippen molar-refractivity contribution in [3.63, 3.8) is 0 Å². The Bertz CT molecular complexity index is 495. The van der Waals surface area contributed by atoms with Gasteiger partial charge < -0.3 is 5.32 Å². The Balaban J connectivity index is 2.04. The zero-order valence-electron chi connectivity index (χ0n) is 12.1. The van der Waals surface area contributed by atoms with Crippen LogP contribution in [0.1, 0.15) is 27.7 Å². The van der Waals surface area contributed by atoms with Gasteiger partial charge in [-0.15, -0.1) is 11.3 Å². The molecule has 4 heteroatoms. The van der Waals surface area contributed by atoms with Gasteiger partial charge in [0, 0.05) is 11.8 Å². The van der Waals surface area contributed by atoms with Crippen molar-refractivity contribution < 1.29 is 0 Å². The van der Waals surface area contributed by atoms with Crippen LogP contribution in [0.3, 0.4) is 0 Å². The number of hydrogen-bond donors (Lipinski definition) is 1. The number of nitrogens with zero attached hydrogens (tertiary/aromatic N) is 1. The van der Waals surface area contributed by atoms with E-state index < -0.39 is 0 Å². The van der Waals surface area contributed by atoms with Crippen molar-refractivity contribution in [1.82, 2.24) is 10.3 Å². The molecule has 2 aromatic rings. The smallest absolute Gasteiger partial charge is 0.151 e. The van der Waals surface area contributed by atoms with Crippen molar-refractivity contribution >= 4 is 33.3 Å². The van der Waals surface area contributed by atoms with Gasteiger partial charge in [-0.1, -0.05) is 51.6 Å². The molecule has 1 N–H and O–H groups in total. The topological polar surface area (TPSA) is 24.9 Å². The molecular formula is C15H22N2S2. The van der Waals surface area contributed by atoms with E-state index in [1.165, 1.54) is 9.04 Å². The number of hydrogen-bond acceptors (Lipinski definition) is 4. The number of nitrogens with one attached hydrogen (secondary N) is 1. The van der Waals surface area contributed by atoms with Crippen molar-refractivity contribution in [3.05, 3.63) is 24.3 Å². The molecule has 0 amide bonds. The molecular weight excluding hydrogens is 272 g/mol. The summed E-state index contributed by atoms with van der Waals surface area (Å²) in [4.78, 5) is 4.68. The van der Waals surface area contributed by atoms with E-state index in [4.69, 9.17) is 0 Å². The number of thiazole rings is 1. The van der Waals surface area contributed by atoms with Crippen LogP contribution >= 0.6 is 23.1 Å². The van der Waals surface area contributed by atoms with Crippen molar-refractivity contribution in [2.75, 3.05) is 12.3 Å². The van der Waals surface area contributed by atoms with Crippen LogP contribution in [0, 0.1) is 5.41 Å². The van der Waals surface area contributed by atoms with E-state index in [2.05, 4.69) is 56.2 Å². The summed E-state index contributed by atoms with van der Waals surface area (Å²) < 4.78 is 2.45. The second-order valence-corrected chi connectivity index (χ2v) is 8.03. The number of aromatic nitrogens is 1. The van der Waals surface area contributed by atoms with Gasteiger partial charge in [0.2, 0.25) is 0 Å². The van der Waals surface area contributed by atoms with Crippen LogP contribution in [0.15, 0.2) is 28.6 Å². The Hall–Kier alpha value is -0.580. The predicted molar refractivity (Wildman–Crippen MR) is 87.3 cm³/mol. The highest BCUT2D eigenvalue weighted by atomic mass is 32.2. The SMILES string of the molecule is CCNC(CSc1nc2ccccc2s1)C(C)(C)C. The first-order valence-corrected chi connectivity index (χ1v) is 8.52. The summed E-state index contributed by atoms with van der Waals surface area (Å²) in [6, 6.07) is 8.86. The number of benzene rings is 1. The number of rotatable bonds is 5. The summed E-state index contributed by atoms with van der Waals surface area (Å²) in [5.74, 6) is 1.07. The molecule has 0 bridgehead atoms. The van der Waals surface area contributed by atoms with E-state index in [9.17, 15) is 0 Å². The van der Waals surface area contributed by atoms with E-state index >= 15 is 0 Å². The maximum atomic E-state index is 4.68. The van der Waals surface area contributed by atoms with Crippen molar-refractivity contribution in [1.29, 1.82) is 0 Å². The largest absolute Gasteiger partial charge is 0.313 e. The highest BCUT2D eigenvalue weighted by molar-refractivity contribution is 8.01. The third kappa shape index (κ3) is 3.94. The maximum Gasteiger partial charge on any atom is 0.151 e. The first-order valence-electron chi connectivity index (χ1n) is 6.72. The number of thioether (sulfide) groups is 1. The zero-order valence-corrected chi connectivity index (χ0v) is 13.7. The summed E-state index contributed by atoms with van der Waals surface area (Å²) in [5, 5.41) is 3.58. The molecule has 0 spiro atoms. The minimum absolute atomic E-state index is 0.277. The molecule has 1 aromatic heterocycles. The Morgan fingerprint density at radius 3 is 2.68 bits per heavy atom. The molecule has 0 saturated carbocycles. The van der Waals surface area contributed by atoms with Crippen LogP contribution < -0.4 is 5.32 Å². The van der Waals surface area contributed by atoms with Gasteiger partial charge in [-0.05, 0) is 24.1 Å². The van der Waals surface area contributed by atoms with Crippen LogP contribution in [0.4, 0.5) is 0 Å². The fraction of sp³-hybridized carbons (Fsp3) is 0.533. The molecule has 0 saturated heterocycles. The lowest BCUT2D eigenvalue weighted by atomic mass is 9.88. The van der Waals surface area contributed by atoms with E-state index in [0.29, 0.717) is 6.04 Å². The average molecular weight is 294 g/mol. The van der Waals surface area contributed by atoms with Crippen LogP contribution in [-0.2, 0) is 0 Å². The number of fused-ring (bicyclic) bond motifs is 1. The second-order valence-electron chi connectivity index (χ2n) is 5.73. The highest BCUT2D eigenvalue weighted by Gasteiger charge is 2.24. The molecule has 0 fully saturated rings. The van der Waals surface area contributed by atoms with Gasteiger partial charge >= 0.3 is 0 Å². The van der Waals surface area contributed by atoms with Crippen LogP contribution in [0.2, 0.25) is 0 Å². The van der Waals surface area contributed by atoms with Crippen molar-refractivity contribution in [2.45, 2.75) is 38.1 Å². The quantitative estimate of drug-likeness (QED) is 0.827. The summed E-state index contributed by atoms with van der Waals surface area (Å²) in [7, 11) is 0. The van der Waals surface area contributed by atoms with E-state index in [1.807, 2.05) is 17.8 Å². The Morgan fingerprint density at radius 2 is 2.05 bits per heavy atom. The normalized spacial score (nSPS) is 13.9. The minimum Gasteiger partial charge on any atom is -0.313 e. The maximum absolute atomic E-state index is 4.68. The zero-order chi connectivity index (χ0) is 13.9. The highest BCUT2D eigenvalue weighted by Crippen LogP contribution is 2.32. The Labute approximate surface area is 124 Å². The third-order valence-electron chi connectivity index (χ3n) is 3.14. The molecule has 0 aliphatic heterocycles. The third-order valence-corrected chi connectivity index (χ3v) is 5.42. The van der Waals surface area contributed by atoms with Crippen LogP contribution in [-0.4, -0.2) is 23.3 Å². The first-order chi connectivity index (χ1) is 9.00. The van der Waals surface area contributed by atoms with Gasteiger partial charge in [0.1, 0.15) is 0 Å². The van der Waals surface area contributed by atoms with Gasteiger partial charge in [0.15, 0.2) is 4.34 Å². The second kappa shape index (κ2) is 6.25. The van der Waals surface area contributed by atoms with E-state index in [1.54, 1.807) is 11.3 Å². The molecule has 0 radical (unpaired) electrons. The summed E-state index contributed by atoms with van der Waals surface area (Å²) in [6.07, 6.45) is 0. The van der Waals surface area contributed by atoms with Gasteiger partial charge in [-0.25, -0.2) is 4.98 Å². The Morgan fingerprint density at radius 1 is 1.32 bits per heavy atom. The van der Waals surface area contributed by atoms with E-state index in [-0.39, 0.29) is 5.41 Å². The summed E-state index contributed by atoms with van der Waals surface area (Å²) >= 11 is 3.66. The lowest BCUT2D eigenvalue weighted by Gasteiger charge is -2.30. The monoisotopic (exact) mass is 294 g/mol. The Kier molecular flexibility index (Phi) is 4.87. The lowest BCUT2D eigenvalue weighted by molar-refractivity contribution is 0.295. The average Bonchev–Trinajstić information content (AvgIpc) is 2.75. The molecule has 0 aliphatic rings. The molecule has 1 aromatic carbocycles. The van der Waals surface area contributed by atoms with Crippen molar-refractivity contribution in [3.8, 4) is 0 Å². The van der Waals surface area contributed by atoms with Gasteiger partial charge in [0.25, 0.3) is 0 Å². The van der Waals surface area contributed by atoms with Gasteiger partial charge in [-0.2, -0.15) is 0 Å². The standard InChI is InChI=1S/C15H22N2S2/c1-5-16-13(15(2,3)4)10-18-14-17-11-8-6-7-9-12(11)19-14/h6-9,13,16H,5,10H2,1-4H3. The summed E-state index contributed by atoms with van der Waals surface area (Å²) in [6.45, 7) is 10.1. The molecule has 1 unspecified atom stereocenters. The van der Waals surface area contributed by atoms with Gasteiger partial charge in [0.05, 0.1) is 10.2 Å². The van der Waals surface area contributed by atoms with Crippen LogP contribution in [0.25, 0.3) is 10.2 Å². The molecule has 2 nitrogen and oxygen atoms in total. The molecule has 1 heterocycles. The molecule has 104 valence electrons.